The second kappa shape index (κ2) is 24.3. The molecule has 0 saturated heterocycles. The molecule has 5 N–H and O–H groups in total. The Balaban J connectivity index is 1.14. The number of unbranched alkanes of at least 4 members (excludes halogenated alkanes) is 2. The van der Waals surface area contributed by atoms with Crippen molar-refractivity contribution in [3.05, 3.63) is 119 Å². The second-order valence-corrected chi connectivity index (χ2v) is 19.4. The number of allylic oxidation sites excluding steroid dienone is 1. The molecule has 71 heavy (non-hydrogen) atoms. The summed E-state index contributed by atoms with van der Waals surface area (Å²) < 4.78 is 110. The van der Waals surface area contributed by atoms with Gasteiger partial charge in [-0.15, -0.1) is 6.42 Å². The van der Waals surface area contributed by atoms with E-state index in [-0.39, 0.29) is 86.9 Å². The summed E-state index contributed by atoms with van der Waals surface area (Å²) in [7, 11) is -8.75. The number of nitrogens with zero attached hydrogens (tertiary/aromatic N) is 3. The number of nitrogens with one attached hydrogen (secondary N) is 3. The number of hydrogen-bond acceptors (Lipinski definition) is 11. The fraction of sp³-hybridized carbons (Fsp3) is 0.306. The van der Waals surface area contributed by atoms with Crippen LogP contribution in [0.25, 0.3) is 21.8 Å². The summed E-state index contributed by atoms with van der Waals surface area (Å²) in [6, 6.07) is 23.5. The van der Waals surface area contributed by atoms with E-state index in [1.165, 1.54) is 18.2 Å². The molecular formula is C49H50F3N6O11S2+. The van der Waals surface area contributed by atoms with Gasteiger partial charge in [0, 0.05) is 62.8 Å². The number of ether oxygens (including phenoxy) is 1. The number of aliphatic hydroxyl groups is 1. The van der Waals surface area contributed by atoms with Gasteiger partial charge in [0.1, 0.15) is 11.8 Å². The quantitative estimate of drug-likeness (QED) is 0.00709. The van der Waals surface area contributed by atoms with Gasteiger partial charge in [0.2, 0.25) is 22.8 Å². The number of benzene rings is 4. The van der Waals surface area contributed by atoms with E-state index in [0.717, 1.165) is 22.0 Å². The predicted octanol–water partition coefficient (Wildman–Crippen LogP) is 6.28. The topological polar surface area (TPSA) is 253 Å². The Hall–Kier alpha value is -7.53. The smallest absolute Gasteiger partial charge is 0.419 e. The Bertz CT molecular complexity index is 3090. The first-order chi connectivity index (χ1) is 33.7. The Morgan fingerprint density at radius 3 is 1.97 bits per heavy atom. The van der Waals surface area contributed by atoms with Crippen LogP contribution in [0.5, 0.6) is 5.75 Å². The first-order valence-electron chi connectivity index (χ1n) is 22.1. The lowest BCUT2D eigenvalue weighted by atomic mass is 10.0. The number of fused-ring (bicyclic) bond motifs is 2. The molecule has 0 radical (unpaired) electrons. The number of para-hydroxylation sites is 2. The van der Waals surface area contributed by atoms with E-state index in [0.29, 0.717) is 40.7 Å². The van der Waals surface area contributed by atoms with Gasteiger partial charge in [-0.1, -0.05) is 42.0 Å². The van der Waals surface area contributed by atoms with Crippen LogP contribution in [0.3, 0.4) is 0 Å². The third-order valence-corrected chi connectivity index (χ3v) is 13.5. The van der Waals surface area contributed by atoms with Crippen molar-refractivity contribution in [3.8, 4) is 24.2 Å². The lowest BCUT2D eigenvalue weighted by Gasteiger charge is -2.24. The molecule has 1 aromatic heterocycles. The zero-order valence-electron chi connectivity index (χ0n) is 38.3. The number of aryl methyl sites for hydroxylation is 2. The SMILES string of the molecule is C#C/C(O)=C(\C#N)C(=O)Nc1ccc(C(F)(F)F)c(OCCCCCC(=O)NCCNC(=O)CCCN(C(=O)c2c3ccccc3[n+](CCCS(=O)(=O)O)c3ccccc23)S(=O)(=O)c2ccc(C)cc2)c1. The largest absolute Gasteiger partial charge is 0.500 e. The molecule has 4 aromatic carbocycles. The van der Waals surface area contributed by atoms with Crippen LogP contribution in [-0.2, 0) is 47.2 Å². The highest BCUT2D eigenvalue weighted by Gasteiger charge is 2.36. The van der Waals surface area contributed by atoms with E-state index in [1.54, 1.807) is 78.1 Å². The van der Waals surface area contributed by atoms with Crippen molar-refractivity contribution in [2.24, 2.45) is 0 Å². The van der Waals surface area contributed by atoms with Gasteiger partial charge < -0.3 is 25.8 Å². The number of terminal acetylenes is 1. The lowest BCUT2D eigenvalue weighted by Crippen LogP contribution is -2.41. The maximum atomic E-state index is 14.8. The number of sulfonamides is 1. The number of pyridine rings is 1. The van der Waals surface area contributed by atoms with E-state index in [2.05, 4.69) is 16.0 Å². The zero-order valence-corrected chi connectivity index (χ0v) is 39.9. The normalized spacial score (nSPS) is 12.0. The number of carbonyl (C=O) groups excluding carboxylic acids is 4. The fourth-order valence-corrected chi connectivity index (χ4v) is 9.33. The summed E-state index contributed by atoms with van der Waals surface area (Å²) in [6.45, 7) is 1.44. The average molecular weight is 1020 g/mol. The lowest BCUT2D eigenvalue weighted by molar-refractivity contribution is -0.645. The van der Waals surface area contributed by atoms with Crippen molar-refractivity contribution in [1.82, 2.24) is 14.9 Å². The van der Waals surface area contributed by atoms with Crippen molar-refractivity contribution < 1.29 is 68.1 Å². The van der Waals surface area contributed by atoms with Crippen LogP contribution in [0, 0.1) is 30.6 Å². The molecule has 0 fully saturated rings. The molecule has 0 aliphatic rings. The van der Waals surface area contributed by atoms with E-state index < -0.39 is 72.4 Å². The first-order valence-corrected chi connectivity index (χ1v) is 25.1. The van der Waals surface area contributed by atoms with E-state index >= 15 is 0 Å². The molecule has 0 atom stereocenters. The summed E-state index contributed by atoms with van der Waals surface area (Å²) in [5.41, 5.74) is -0.206. The molecule has 0 aliphatic carbocycles. The number of nitriles is 1. The van der Waals surface area contributed by atoms with Crippen molar-refractivity contribution >= 4 is 71.3 Å². The van der Waals surface area contributed by atoms with Crippen molar-refractivity contribution in [1.29, 1.82) is 5.26 Å². The number of carbonyl (C=O) groups is 4. The Morgan fingerprint density at radius 2 is 1.41 bits per heavy atom. The molecule has 1 heterocycles. The number of aromatic nitrogens is 1. The van der Waals surface area contributed by atoms with Crippen LogP contribution in [0.15, 0.2) is 107 Å². The molecule has 4 amide bonds. The van der Waals surface area contributed by atoms with Gasteiger partial charge in [-0.05, 0) is 74.9 Å². The molecule has 17 nitrogen and oxygen atoms in total. The van der Waals surface area contributed by atoms with Gasteiger partial charge >= 0.3 is 6.18 Å². The monoisotopic (exact) mass is 1020 g/mol. The highest BCUT2D eigenvalue weighted by Crippen LogP contribution is 2.38. The first kappa shape index (κ1) is 54.4. The Kier molecular flexibility index (Phi) is 18.7. The van der Waals surface area contributed by atoms with E-state index in [4.69, 9.17) is 16.4 Å². The highest BCUT2D eigenvalue weighted by molar-refractivity contribution is 7.89. The number of anilines is 1. The zero-order chi connectivity index (χ0) is 51.9. The molecule has 0 aliphatic heterocycles. The number of alkyl halides is 3. The summed E-state index contributed by atoms with van der Waals surface area (Å²) in [5, 5.41) is 27.0. The summed E-state index contributed by atoms with van der Waals surface area (Å²) in [6.07, 6.45) is 1.04. The van der Waals surface area contributed by atoms with E-state index in [9.17, 15) is 58.8 Å². The van der Waals surface area contributed by atoms with Gasteiger partial charge in [-0.25, -0.2) is 12.7 Å². The predicted molar refractivity (Wildman–Crippen MR) is 255 cm³/mol. The minimum absolute atomic E-state index is 0.0230. The molecule has 0 spiro atoms. The second-order valence-electron chi connectivity index (χ2n) is 16.0. The highest BCUT2D eigenvalue weighted by atomic mass is 32.2. The maximum Gasteiger partial charge on any atom is 0.419 e. The van der Waals surface area contributed by atoms with Crippen molar-refractivity contribution in [2.45, 2.75) is 69.5 Å². The molecule has 5 aromatic rings. The average Bonchev–Trinajstić information content (AvgIpc) is 3.32. The number of rotatable bonds is 23. The minimum atomic E-state index is -4.80. The van der Waals surface area contributed by atoms with Gasteiger partial charge in [0.05, 0.1) is 39.2 Å². The molecular weight excluding hydrogens is 970 g/mol. The number of aliphatic hydroxyl groups excluding tert-OH is 1. The standard InChI is InChI=1S/C49H49F3N6O11S2/c1-3-42(59)38(32-53)47(62)56-34-21-24-39(49(50,51)52)43(31-34)69-29-10-4-5-17-44(60)54-25-26-55-45(61)18-11-28-58(71(67,68)35-22-19-33(2)20-23-35)48(63)46-36-13-6-8-15-40(36)57(27-12-30-70(64,65)66)41-16-9-7-14-37(41)46/h1,6-9,13-16,19-24,31H,4-5,10-12,17-18,25-30H2,2H3,(H4-,54,55,56,59,60,61,62,64,65,66)/p+1. The third kappa shape index (κ3) is 14.7. The summed E-state index contributed by atoms with van der Waals surface area (Å²) in [5.74, 6) is -3.15. The van der Waals surface area contributed by atoms with Crippen LogP contribution < -0.4 is 25.3 Å². The van der Waals surface area contributed by atoms with Crippen molar-refractivity contribution in [3.63, 3.8) is 0 Å². The van der Waals surface area contributed by atoms with Crippen LogP contribution >= 0.6 is 0 Å². The van der Waals surface area contributed by atoms with Crippen LogP contribution in [-0.4, -0.2) is 86.4 Å². The van der Waals surface area contributed by atoms with Crippen LogP contribution in [0.4, 0.5) is 18.9 Å². The van der Waals surface area contributed by atoms with Gasteiger partial charge in [0.25, 0.3) is 32.0 Å². The van der Waals surface area contributed by atoms with Gasteiger partial charge in [0.15, 0.2) is 17.9 Å². The molecule has 22 heteroatoms. The third-order valence-electron chi connectivity index (χ3n) is 10.9. The molecule has 374 valence electrons. The molecule has 0 saturated carbocycles. The van der Waals surface area contributed by atoms with Crippen LogP contribution in [0.1, 0.15) is 66.4 Å². The molecule has 5 rings (SSSR count). The summed E-state index contributed by atoms with van der Waals surface area (Å²) >= 11 is 0. The Labute approximate surface area is 408 Å². The maximum absolute atomic E-state index is 14.8. The fourth-order valence-electron chi connectivity index (χ4n) is 7.43. The van der Waals surface area contributed by atoms with Crippen LogP contribution in [0.2, 0.25) is 0 Å². The number of halogens is 3. The minimum Gasteiger partial charge on any atom is -0.500 e. The number of amides is 4. The van der Waals surface area contributed by atoms with Gasteiger partial charge in [-0.3, -0.25) is 23.7 Å². The van der Waals surface area contributed by atoms with E-state index in [1.807, 2.05) is 0 Å². The number of hydrogen-bond donors (Lipinski definition) is 5. The summed E-state index contributed by atoms with van der Waals surface area (Å²) in [4.78, 5) is 52.4. The Morgan fingerprint density at radius 1 is 0.817 bits per heavy atom. The van der Waals surface area contributed by atoms with Gasteiger partial charge in [-0.2, -0.15) is 31.4 Å². The molecule has 0 bridgehead atoms. The molecule has 0 unspecified atom stereocenters. The van der Waals surface area contributed by atoms with Crippen molar-refractivity contribution in [2.75, 3.05) is 37.3 Å².